The Labute approximate surface area is 260 Å². The fourth-order valence-electron chi connectivity index (χ4n) is 6.03. The molecule has 0 bridgehead atoms. The van der Waals surface area contributed by atoms with Gasteiger partial charge < -0.3 is 34.9 Å². The Balaban J connectivity index is 2.53. The van der Waals surface area contributed by atoms with Crippen LogP contribution in [0.5, 0.6) is 17.2 Å². The molecule has 7 heteroatoms. The summed E-state index contributed by atoms with van der Waals surface area (Å²) in [7, 11) is 16.1. The maximum Gasteiger partial charge on any atom is 0.124 e. The lowest BCUT2D eigenvalue weighted by atomic mass is 9.68. The smallest absolute Gasteiger partial charge is 0.124 e. The molecule has 0 aliphatic heterocycles. The van der Waals surface area contributed by atoms with Crippen LogP contribution in [0.1, 0.15) is 70.8 Å². The lowest BCUT2D eigenvalue weighted by molar-refractivity contribution is 0.367. The van der Waals surface area contributed by atoms with Gasteiger partial charge in [-0.15, -0.1) is 0 Å². The third kappa shape index (κ3) is 7.71. The van der Waals surface area contributed by atoms with Gasteiger partial charge in [0.2, 0.25) is 0 Å². The predicted molar refractivity (Wildman–Crippen MR) is 178 cm³/mol. The monoisotopic (exact) mass is 590 g/mol. The maximum atomic E-state index is 11.4. The van der Waals surface area contributed by atoms with Crippen molar-refractivity contribution in [2.45, 2.75) is 65.2 Å². The SMILES string of the molecule is CCc1cc(C(C)(c2cc(CC)c(O)c(CN(C)C)c2)c2cc(CN(C)C)c(O)c(CN(C)C)c2)cc(CN(C)C)c1O. The number of phenols is 3. The predicted octanol–water partition coefficient (Wildman–Crippen LogP) is 5.53. The number of benzene rings is 3. The third-order valence-electron chi connectivity index (χ3n) is 8.24. The molecule has 3 rings (SSSR count). The molecule has 3 aromatic carbocycles. The van der Waals surface area contributed by atoms with Gasteiger partial charge >= 0.3 is 0 Å². The molecule has 0 saturated heterocycles. The van der Waals surface area contributed by atoms with Crippen LogP contribution in [0.3, 0.4) is 0 Å². The Bertz CT molecular complexity index is 1310. The van der Waals surface area contributed by atoms with Crippen molar-refractivity contribution >= 4 is 0 Å². The first-order chi connectivity index (χ1) is 20.1. The second kappa shape index (κ2) is 14.1. The summed E-state index contributed by atoms with van der Waals surface area (Å²) in [5, 5.41) is 33.9. The Morgan fingerprint density at radius 2 is 0.651 bits per heavy atom. The van der Waals surface area contributed by atoms with E-state index in [0.29, 0.717) is 56.3 Å². The standard InChI is InChI=1S/C36H54N4O3/c1-12-24-14-30(16-26(33(24)41)20-37(4)5)36(3,31-15-25(13-2)34(42)27(17-31)21-38(6)7)32-18-28(22-39(8)9)35(43)29(19-32)23-40(10)11/h14-19,41-43H,12-13,20-23H2,1-11H3. The molecule has 0 atom stereocenters. The van der Waals surface area contributed by atoms with Gasteiger partial charge in [-0.1, -0.05) is 26.0 Å². The van der Waals surface area contributed by atoms with Gasteiger partial charge in [0, 0.05) is 53.8 Å². The molecule has 43 heavy (non-hydrogen) atoms. The molecule has 0 aliphatic rings. The summed E-state index contributed by atoms with van der Waals surface area (Å²) in [5.74, 6) is 1.03. The molecule has 0 unspecified atom stereocenters. The molecule has 0 aromatic heterocycles. The highest BCUT2D eigenvalue weighted by molar-refractivity contribution is 5.60. The summed E-state index contributed by atoms with van der Waals surface area (Å²) in [5.41, 5.74) is 7.87. The van der Waals surface area contributed by atoms with Gasteiger partial charge in [-0.05, 0) is 128 Å². The summed E-state index contributed by atoms with van der Waals surface area (Å²) >= 11 is 0. The minimum absolute atomic E-state index is 0.329. The zero-order valence-electron chi connectivity index (χ0n) is 28.3. The number of aromatic hydroxyl groups is 3. The van der Waals surface area contributed by atoms with Gasteiger partial charge in [0.15, 0.2) is 0 Å². The van der Waals surface area contributed by atoms with E-state index in [1.54, 1.807) is 0 Å². The molecule has 0 fully saturated rings. The molecule has 3 aromatic rings. The second-order valence-corrected chi connectivity index (χ2v) is 13.2. The van der Waals surface area contributed by atoms with E-state index in [9.17, 15) is 15.3 Å². The number of nitrogens with zero attached hydrogens (tertiary/aromatic N) is 4. The van der Waals surface area contributed by atoms with Crippen molar-refractivity contribution in [1.82, 2.24) is 19.6 Å². The zero-order chi connectivity index (χ0) is 32.2. The summed E-state index contributed by atoms with van der Waals surface area (Å²) in [6.45, 7) is 8.81. The van der Waals surface area contributed by atoms with Gasteiger partial charge in [-0.2, -0.15) is 0 Å². The number of hydrogen-bond acceptors (Lipinski definition) is 7. The van der Waals surface area contributed by atoms with Crippen molar-refractivity contribution in [3.05, 3.63) is 86.5 Å². The van der Waals surface area contributed by atoms with Crippen LogP contribution in [0.15, 0.2) is 36.4 Å². The quantitative estimate of drug-likeness (QED) is 0.226. The summed E-state index contributed by atoms with van der Waals surface area (Å²) < 4.78 is 0. The first kappa shape index (κ1) is 34.4. The fourth-order valence-corrected chi connectivity index (χ4v) is 6.03. The molecule has 236 valence electrons. The first-order valence-electron chi connectivity index (χ1n) is 15.3. The van der Waals surface area contributed by atoms with E-state index < -0.39 is 5.41 Å². The summed E-state index contributed by atoms with van der Waals surface area (Å²) in [6, 6.07) is 12.8. The normalized spacial score (nSPS) is 12.3. The van der Waals surface area contributed by atoms with Crippen molar-refractivity contribution in [3.8, 4) is 17.2 Å². The zero-order valence-corrected chi connectivity index (χ0v) is 28.3. The number of hydrogen-bond donors (Lipinski definition) is 3. The van der Waals surface area contributed by atoms with Gasteiger partial charge in [0.05, 0.1) is 0 Å². The minimum Gasteiger partial charge on any atom is -0.507 e. The van der Waals surface area contributed by atoms with E-state index in [-0.39, 0.29) is 0 Å². The Morgan fingerprint density at radius 3 is 0.860 bits per heavy atom. The van der Waals surface area contributed by atoms with E-state index in [4.69, 9.17) is 0 Å². The summed E-state index contributed by atoms with van der Waals surface area (Å²) in [6.07, 6.45) is 1.40. The molecule has 0 spiro atoms. The first-order valence-corrected chi connectivity index (χ1v) is 15.3. The highest BCUT2D eigenvalue weighted by Gasteiger charge is 2.35. The van der Waals surface area contributed by atoms with Gasteiger partial charge in [0.25, 0.3) is 0 Å². The van der Waals surface area contributed by atoms with Crippen LogP contribution in [-0.2, 0) is 44.4 Å². The van der Waals surface area contributed by atoms with E-state index >= 15 is 0 Å². The lowest BCUT2D eigenvalue weighted by Crippen LogP contribution is -2.28. The molecule has 0 amide bonds. The number of phenolic OH excluding ortho intramolecular Hbond substituents is 3. The van der Waals surface area contributed by atoms with E-state index in [1.807, 2.05) is 56.4 Å². The Kier molecular flexibility index (Phi) is 11.3. The molecule has 0 radical (unpaired) electrons. The van der Waals surface area contributed by atoms with Crippen LogP contribution in [0, 0.1) is 0 Å². The van der Waals surface area contributed by atoms with Crippen molar-refractivity contribution in [2.24, 2.45) is 0 Å². The molecule has 0 saturated carbocycles. The summed E-state index contributed by atoms with van der Waals surface area (Å²) in [4.78, 5) is 8.30. The van der Waals surface area contributed by atoms with Crippen molar-refractivity contribution < 1.29 is 15.3 Å². The largest absolute Gasteiger partial charge is 0.507 e. The number of rotatable bonds is 13. The maximum absolute atomic E-state index is 11.4. The van der Waals surface area contributed by atoms with E-state index in [2.05, 4.69) is 76.8 Å². The molecule has 0 aliphatic carbocycles. The molecular weight excluding hydrogens is 536 g/mol. The minimum atomic E-state index is -0.660. The van der Waals surface area contributed by atoms with Crippen molar-refractivity contribution in [3.63, 3.8) is 0 Å². The van der Waals surface area contributed by atoms with Gasteiger partial charge in [0.1, 0.15) is 17.2 Å². The van der Waals surface area contributed by atoms with E-state index in [1.165, 1.54) is 0 Å². The van der Waals surface area contributed by atoms with Crippen LogP contribution >= 0.6 is 0 Å². The van der Waals surface area contributed by atoms with Crippen LogP contribution in [-0.4, -0.2) is 91.3 Å². The topological polar surface area (TPSA) is 73.7 Å². The average molecular weight is 591 g/mol. The Hall–Kier alpha value is -3.10. The fraction of sp³-hybridized carbons (Fsp3) is 0.500. The van der Waals surface area contributed by atoms with Crippen LogP contribution < -0.4 is 0 Å². The molecule has 3 N–H and O–H groups in total. The van der Waals surface area contributed by atoms with Crippen LogP contribution in [0.2, 0.25) is 0 Å². The highest BCUT2D eigenvalue weighted by Crippen LogP contribution is 2.45. The van der Waals surface area contributed by atoms with Gasteiger partial charge in [-0.3, -0.25) is 0 Å². The second-order valence-electron chi connectivity index (χ2n) is 13.2. The lowest BCUT2D eigenvalue weighted by Gasteiger charge is -2.35. The molecular formula is C36H54N4O3. The third-order valence-corrected chi connectivity index (χ3v) is 8.24. The van der Waals surface area contributed by atoms with Crippen molar-refractivity contribution in [2.75, 3.05) is 56.4 Å². The van der Waals surface area contributed by atoms with Crippen LogP contribution in [0.4, 0.5) is 0 Å². The Morgan fingerprint density at radius 1 is 0.442 bits per heavy atom. The van der Waals surface area contributed by atoms with Crippen molar-refractivity contribution in [1.29, 1.82) is 0 Å². The molecule has 0 heterocycles. The highest BCUT2D eigenvalue weighted by atomic mass is 16.3. The average Bonchev–Trinajstić information content (AvgIpc) is 2.91. The van der Waals surface area contributed by atoms with Crippen LogP contribution in [0.25, 0.3) is 0 Å². The molecule has 7 nitrogen and oxygen atoms in total. The van der Waals surface area contributed by atoms with Gasteiger partial charge in [-0.25, -0.2) is 0 Å². The van der Waals surface area contributed by atoms with E-state index in [0.717, 1.165) is 50.1 Å². The number of aryl methyl sites for hydroxylation is 2.